The lowest BCUT2D eigenvalue weighted by molar-refractivity contribution is 0.0256. The third-order valence-electron chi connectivity index (χ3n) is 3.70. The summed E-state index contributed by atoms with van der Waals surface area (Å²) in [5.74, 6) is 0.930. The van der Waals surface area contributed by atoms with Gasteiger partial charge in [-0.15, -0.1) is 0 Å². The molecule has 0 radical (unpaired) electrons. The Morgan fingerprint density at radius 1 is 1.27 bits per heavy atom. The Kier molecular flexibility index (Phi) is 8.66. The van der Waals surface area contributed by atoms with Crippen molar-refractivity contribution in [2.24, 2.45) is 4.99 Å². The van der Waals surface area contributed by atoms with Crippen molar-refractivity contribution in [2.75, 3.05) is 37.7 Å². The fraction of sp³-hybridized carbons (Fsp3) is 0.882. The maximum absolute atomic E-state index is 12.3. The normalized spacial score (nSPS) is 19.9. The van der Waals surface area contributed by atoms with Gasteiger partial charge in [-0.05, 0) is 40.5 Å². The van der Waals surface area contributed by atoms with Crippen molar-refractivity contribution in [3.05, 3.63) is 0 Å². The van der Waals surface area contributed by atoms with E-state index >= 15 is 0 Å². The maximum Gasteiger partial charge on any atom is 0.410 e. The highest BCUT2D eigenvalue weighted by molar-refractivity contribution is 7.91. The van der Waals surface area contributed by atoms with E-state index in [2.05, 4.69) is 15.6 Å². The van der Waals surface area contributed by atoms with Gasteiger partial charge in [0.05, 0.1) is 18.1 Å². The first-order chi connectivity index (χ1) is 12.1. The summed E-state index contributed by atoms with van der Waals surface area (Å²) in [6.07, 6.45) is 1.09. The molecule has 8 nitrogen and oxygen atoms in total. The third-order valence-corrected chi connectivity index (χ3v) is 5.47. The molecule has 2 N–H and O–H groups in total. The smallest absolute Gasteiger partial charge is 0.410 e. The van der Waals surface area contributed by atoms with Gasteiger partial charge in [-0.1, -0.05) is 6.92 Å². The molecule has 1 fully saturated rings. The number of sulfone groups is 1. The number of carbonyl (C=O) groups excluding carboxylic acids is 1. The van der Waals surface area contributed by atoms with Crippen LogP contribution in [-0.2, 0) is 14.6 Å². The van der Waals surface area contributed by atoms with Crippen LogP contribution in [0.4, 0.5) is 4.79 Å². The molecule has 9 heteroatoms. The zero-order chi connectivity index (χ0) is 19.8. The van der Waals surface area contributed by atoms with Crippen molar-refractivity contribution in [1.82, 2.24) is 15.5 Å². The van der Waals surface area contributed by atoms with Gasteiger partial charge in [-0.25, -0.2) is 13.2 Å². The fourth-order valence-corrected chi connectivity index (χ4v) is 4.27. The third kappa shape index (κ3) is 8.73. The van der Waals surface area contributed by atoms with Gasteiger partial charge in [0.2, 0.25) is 0 Å². The molecule has 1 aliphatic heterocycles. The van der Waals surface area contributed by atoms with E-state index in [1.807, 2.05) is 34.6 Å². The Balaban J connectivity index is 2.61. The van der Waals surface area contributed by atoms with Crippen LogP contribution >= 0.6 is 0 Å². The first kappa shape index (κ1) is 22.5. The van der Waals surface area contributed by atoms with Crippen LogP contribution < -0.4 is 10.6 Å². The average molecular weight is 391 g/mol. The molecular weight excluding hydrogens is 356 g/mol. The van der Waals surface area contributed by atoms with Gasteiger partial charge < -0.3 is 20.3 Å². The van der Waals surface area contributed by atoms with Crippen molar-refractivity contribution in [3.8, 4) is 0 Å². The van der Waals surface area contributed by atoms with E-state index in [9.17, 15) is 13.2 Å². The zero-order valence-electron chi connectivity index (χ0n) is 16.7. The number of nitrogens with zero attached hydrogens (tertiary/aromatic N) is 2. The summed E-state index contributed by atoms with van der Waals surface area (Å²) in [7, 11) is -2.94. The molecule has 1 unspecified atom stereocenters. The van der Waals surface area contributed by atoms with E-state index in [-0.39, 0.29) is 23.6 Å². The van der Waals surface area contributed by atoms with Crippen LogP contribution in [0.3, 0.4) is 0 Å². The lowest BCUT2D eigenvalue weighted by atomic mass is 10.2. The van der Waals surface area contributed by atoms with E-state index in [1.165, 1.54) is 0 Å². The van der Waals surface area contributed by atoms with E-state index in [4.69, 9.17) is 4.74 Å². The van der Waals surface area contributed by atoms with E-state index in [1.54, 1.807) is 4.90 Å². The van der Waals surface area contributed by atoms with Crippen molar-refractivity contribution in [2.45, 2.75) is 59.1 Å². The number of aliphatic imine (C=N–C) groups is 1. The van der Waals surface area contributed by atoms with Gasteiger partial charge >= 0.3 is 6.09 Å². The average Bonchev–Trinajstić information content (AvgIpc) is 2.83. The lowest BCUT2D eigenvalue weighted by Crippen LogP contribution is -2.44. The van der Waals surface area contributed by atoms with E-state index in [0.717, 1.165) is 6.42 Å². The second-order valence-corrected chi connectivity index (χ2v) is 9.70. The van der Waals surface area contributed by atoms with E-state index < -0.39 is 15.4 Å². The molecule has 0 aromatic heterocycles. The van der Waals surface area contributed by atoms with Gasteiger partial charge in [0.15, 0.2) is 15.8 Å². The Labute approximate surface area is 157 Å². The molecule has 0 bridgehead atoms. The van der Waals surface area contributed by atoms with Crippen molar-refractivity contribution in [1.29, 1.82) is 0 Å². The van der Waals surface area contributed by atoms with Crippen LogP contribution in [0.25, 0.3) is 0 Å². The largest absolute Gasteiger partial charge is 0.444 e. The molecule has 1 aliphatic rings. The van der Waals surface area contributed by atoms with Gasteiger partial charge in [0.1, 0.15) is 5.60 Å². The zero-order valence-corrected chi connectivity index (χ0v) is 17.5. The summed E-state index contributed by atoms with van der Waals surface area (Å²) in [5.41, 5.74) is -0.531. The first-order valence-electron chi connectivity index (χ1n) is 9.29. The highest BCUT2D eigenvalue weighted by Crippen LogP contribution is 2.11. The second-order valence-electron chi connectivity index (χ2n) is 7.47. The highest BCUT2D eigenvalue weighted by atomic mass is 32.2. The number of ether oxygens (including phenoxy) is 1. The number of guanidine groups is 1. The van der Waals surface area contributed by atoms with Crippen LogP contribution in [0.15, 0.2) is 4.99 Å². The Bertz CT molecular complexity index is 584. The Morgan fingerprint density at radius 2 is 1.96 bits per heavy atom. The molecule has 26 heavy (non-hydrogen) atoms. The molecule has 1 saturated heterocycles. The van der Waals surface area contributed by atoms with Crippen molar-refractivity contribution < 1.29 is 17.9 Å². The number of rotatable bonds is 7. The van der Waals surface area contributed by atoms with Crippen molar-refractivity contribution in [3.63, 3.8) is 0 Å². The Hall–Kier alpha value is -1.51. The quantitative estimate of drug-likeness (QED) is 0.503. The van der Waals surface area contributed by atoms with Crippen LogP contribution in [0.5, 0.6) is 0 Å². The number of hydrogen-bond donors (Lipinski definition) is 2. The summed E-state index contributed by atoms with van der Waals surface area (Å²) in [6, 6.07) is -0.115. The number of amides is 1. The second kappa shape index (κ2) is 9.99. The van der Waals surface area contributed by atoms with Crippen LogP contribution in [0.2, 0.25) is 0 Å². The molecule has 1 atom stereocenters. The first-order valence-corrected chi connectivity index (χ1v) is 11.1. The molecule has 0 aromatic rings. The maximum atomic E-state index is 12.3. The summed E-state index contributed by atoms with van der Waals surface area (Å²) < 4.78 is 28.6. The van der Waals surface area contributed by atoms with Crippen LogP contribution in [0, 0.1) is 0 Å². The molecule has 152 valence electrons. The number of carbonyl (C=O) groups is 1. The monoisotopic (exact) mass is 390 g/mol. The van der Waals surface area contributed by atoms with Crippen LogP contribution in [0.1, 0.15) is 47.5 Å². The number of hydrogen-bond acceptors (Lipinski definition) is 5. The molecule has 1 heterocycles. The van der Waals surface area contributed by atoms with Gasteiger partial charge in [-0.2, -0.15) is 0 Å². The molecular formula is C17H34N4O4S. The van der Waals surface area contributed by atoms with E-state index in [0.29, 0.717) is 38.6 Å². The summed E-state index contributed by atoms with van der Waals surface area (Å²) >= 11 is 0. The predicted molar refractivity (Wildman–Crippen MR) is 104 cm³/mol. The minimum absolute atomic E-state index is 0.115. The van der Waals surface area contributed by atoms with Crippen LogP contribution in [-0.4, -0.2) is 74.7 Å². The fourth-order valence-electron chi connectivity index (χ4n) is 2.60. The summed E-state index contributed by atoms with van der Waals surface area (Å²) in [6.45, 7) is 11.6. The number of nitrogens with one attached hydrogen (secondary N) is 2. The van der Waals surface area contributed by atoms with Gasteiger partial charge in [-0.3, -0.25) is 4.99 Å². The molecule has 0 spiro atoms. The summed E-state index contributed by atoms with van der Waals surface area (Å²) in [4.78, 5) is 18.4. The molecule has 0 saturated carbocycles. The molecule has 0 aromatic carbocycles. The minimum Gasteiger partial charge on any atom is -0.444 e. The highest BCUT2D eigenvalue weighted by Gasteiger charge is 2.28. The minimum atomic E-state index is -2.94. The predicted octanol–water partition coefficient (Wildman–Crippen LogP) is 1.38. The van der Waals surface area contributed by atoms with Crippen molar-refractivity contribution >= 4 is 21.9 Å². The Morgan fingerprint density at radius 3 is 2.46 bits per heavy atom. The topological polar surface area (TPSA) is 100 Å². The molecule has 0 aliphatic carbocycles. The molecule has 1 amide bonds. The summed E-state index contributed by atoms with van der Waals surface area (Å²) in [5, 5.41) is 6.29. The standard InChI is InChI=1S/C17H34N4O4S/c1-6-10-21(16(22)25-17(3,4)5)11-9-19-15(18-7-2)20-14-8-12-26(23,24)13-14/h14H,6-13H2,1-5H3,(H2,18,19,20). The van der Waals surface area contributed by atoms with Gasteiger partial charge in [0.25, 0.3) is 0 Å². The lowest BCUT2D eigenvalue weighted by Gasteiger charge is -2.27. The SMILES string of the molecule is CCCN(CCN=C(NCC)NC1CCS(=O)(=O)C1)C(=O)OC(C)(C)C. The van der Waals surface area contributed by atoms with Gasteiger partial charge in [0, 0.05) is 25.7 Å². The molecule has 1 rings (SSSR count).